The first kappa shape index (κ1) is 21.8. The average molecular weight is 435 g/mol. The molecular formula is C13H18N5O8PS. The van der Waals surface area contributed by atoms with Gasteiger partial charge in [-0.05, 0) is 13.8 Å². The van der Waals surface area contributed by atoms with E-state index in [0.717, 1.165) is 18.0 Å². The number of carbonyl (C=O) groups excluding carboxylic acids is 2. The number of anilines is 1. The van der Waals surface area contributed by atoms with Crippen LogP contribution in [0.25, 0.3) is 0 Å². The van der Waals surface area contributed by atoms with E-state index in [2.05, 4.69) is 20.1 Å². The van der Waals surface area contributed by atoms with Gasteiger partial charge in [0.25, 0.3) is 11.8 Å². The van der Waals surface area contributed by atoms with Gasteiger partial charge < -0.3 is 25.9 Å². The van der Waals surface area contributed by atoms with Crippen LogP contribution in [0.3, 0.4) is 0 Å². The summed E-state index contributed by atoms with van der Waals surface area (Å²) < 4.78 is 15.7. The van der Waals surface area contributed by atoms with E-state index in [-0.39, 0.29) is 17.4 Å². The molecule has 1 unspecified atom stereocenters. The Hall–Kier alpha value is -2.54. The molecule has 0 spiro atoms. The van der Waals surface area contributed by atoms with Crippen LogP contribution in [0, 0.1) is 0 Å². The number of β-lactam (4-membered cyclic amide) rings is 1. The number of thiazole rings is 1. The Morgan fingerprint density at radius 1 is 1.54 bits per heavy atom. The number of hydroxylamine groups is 2. The van der Waals surface area contributed by atoms with Crippen LogP contribution in [0.2, 0.25) is 0 Å². The Labute approximate surface area is 162 Å². The van der Waals surface area contributed by atoms with Crippen molar-refractivity contribution in [1.29, 1.82) is 0 Å². The van der Waals surface area contributed by atoms with E-state index in [0.29, 0.717) is 5.06 Å². The van der Waals surface area contributed by atoms with E-state index in [1.54, 1.807) is 0 Å². The fourth-order valence-corrected chi connectivity index (χ4v) is 2.85. The molecule has 13 nitrogen and oxygen atoms in total. The molecule has 0 aliphatic carbocycles. The molecule has 2 heterocycles. The fourth-order valence-electron chi connectivity index (χ4n) is 1.79. The molecule has 0 bridgehead atoms. The van der Waals surface area contributed by atoms with Crippen molar-refractivity contribution >= 4 is 47.6 Å². The fraction of sp³-hybridized carbons (Fsp3) is 0.462. The molecule has 1 saturated heterocycles. The number of nitrogens with one attached hydrogen (secondary N) is 1. The molecular weight excluding hydrogens is 417 g/mol. The van der Waals surface area contributed by atoms with Crippen LogP contribution >= 0.6 is 18.9 Å². The number of carboxylic acids is 1. The zero-order valence-electron chi connectivity index (χ0n) is 15.0. The lowest BCUT2D eigenvalue weighted by Crippen LogP contribution is -2.64. The summed E-state index contributed by atoms with van der Waals surface area (Å²) in [5.41, 5.74) is 3.45. The zero-order chi connectivity index (χ0) is 21.3. The van der Waals surface area contributed by atoms with Gasteiger partial charge in [0.2, 0.25) is 5.60 Å². The highest BCUT2D eigenvalue weighted by Crippen LogP contribution is 2.39. The first-order valence-corrected chi connectivity index (χ1v) is 10.5. The molecule has 2 amide bonds. The van der Waals surface area contributed by atoms with E-state index in [4.69, 9.17) is 20.6 Å². The highest BCUT2D eigenvalue weighted by Gasteiger charge is 2.42. The summed E-state index contributed by atoms with van der Waals surface area (Å²) in [6.07, 6.45) is 0. The van der Waals surface area contributed by atoms with Crippen molar-refractivity contribution in [3.8, 4) is 0 Å². The predicted molar refractivity (Wildman–Crippen MR) is 96.3 cm³/mol. The molecule has 15 heteroatoms. The maximum absolute atomic E-state index is 12.5. The lowest BCUT2D eigenvalue weighted by atomic mass is 10.1. The number of carboxylic acid groups (broad SMARTS) is 1. The summed E-state index contributed by atoms with van der Waals surface area (Å²) in [6.45, 7) is 3.20. The molecule has 1 aliphatic heterocycles. The molecule has 0 aromatic carbocycles. The van der Waals surface area contributed by atoms with Crippen LogP contribution in [-0.2, 0) is 28.4 Å². The molecule has 0 saturated carbocycles. The molecule has 154 valence electrons. The van der Waals surface area contributed by atoms with Crippen molar-refractivity contribution in [2.45, 2.75) is 25.5 Å². The minimum Gasteiger partial charge on any atom is -0.478 e. The number of nitrogens with zero attached hydrogens (tertiary/aromatic N) is 3. The average Bonchev–Trinajstić information content (AvgIpc) is 2.98. The smallest absolute Gasteiger partial charge is 0.350 e. The van der Waals surface area contributed by atoms with Crippen LogP contribution in [-0.4, -0.2) is 68.4 Å². The quantitative estimate of drug-likeness (QED) is 0.177. The van der Waals surface area contributed by atoms with Gasteiger partial charge >= 0.3 is 13.6 Å². The number of nitrogens with two attached hydrogens (primary N) is 1. The number of aliphatic carboxylic acids is 1. The number of aromatic nitrogens is 1. The largest absolute Gasteiger partial charge is 0.478 e. The standard InChI is InChI=1S/C13H18N5O8PS/c1-13(2,11(21)22)25-17-8(7-5-28-12(14)16-7)9(19)15-6-4-18(10(6)20)26-27(3,23)24/h5-6H,4H2,1-3H3,(H2,14,16)(H,15,19)(H,21,22)(H,23,24)/b17-8+/t6-/m0/s1. The monoisotopic (exact) mass is 435 g/mol. The second kappa shape index (κ2) is 7.83. The van der Waals surface area contributed by atoms with Gasteiger partial charge in [0, 0.05) is 12.0 Å². The SMILES string of the molecule is CC(C)(O/N=C(/C(=O)N[C@H]1CN(OP(C)(=O)O)C1=O)c1csc(N)n1)C(=O)O. The van der Waals surface area contributed by atoms with Crippen molar-refractivity contribution in [2.24, 2.45) is 5.16 Å². The first-order chi connectivity index (χ1) is 12.8. The zero-order valence-corrected chi connectivity index (χ0v) is 16.7. The lowest BCUT2D eigenvalue weighted by Gasteiger charge is -2.37. The molecule has 1 aromatic rings. The number of rotatable bonds is 8. The van der Waals surface area contributed by atoms with E-state index in [1.165, 1.54) is 19.2 Å². The Morgan fingerprint density at radius 3 is 2.64 bits per heavy atom. The van der Waals surface area contributed by atoms with Gasteiger partial charge in [-0.15, -0.1) is 11.3 Å². The number of hydrogen-bond acceptors (Lipinski definition) is 10. The third kappa shape index (κ3) is 5.25. The van der Waals surface area contributed by atoms with Crippen molar-refractivity contribution in [3.05, 3.63) is 11.1 Å². The Morgan fingerprint density at radius 2 is 2.18 bits per heavy atom. The number of oxime groups is 1. The highest BCUT2D eigenvalue weighted by molar-refractivity contribution is 7.51. The van der Waals surface area contributed by atoms with Gasteiger partial charge in [0.1, 0.15) is 11.7 Å². The molecule has 1 fully saturated rings. The van der Waals surface area contributed by atoms with Gasteiger partial charge in [0.15, 0.2) is 10.8 Å². The van der Waals surface area contributed by atoms with Crippen LogP contribution in [0.4, 0.5) is 5.13 Å². The Balaban J connectivity index is 2.14. The lowest BCUT2D eigenvalue weighted by molar-refractivity contribution is -0.182. The maximum Gasteiger partial charge on any atom is 0.350 e. The molecule has 28 heavy (non-hydrogen) atoms. The van der Waals surface area contributed by atoms with Gasteiger partial charge in [-0.25, -0.2) is 14.8 Å². The molecule has 5 N–H and O–H groups in total. The molecule has 2 atom stereocenters. The van der Waals surface area contributed by atoms with Crippen LogP contribution in [0.15, 0.2) is 10.5 Å². The summed E-state index contributed by atoms with van der Waals surface area (Å²) in [5.74, 6) is -2.94. The molecule has 2 rings (SSSR count). The van der Waals surface area contributed by atoms with Crippen molar-refractivity contribution in [2.75, 3.05) is 18.9 Å². The summed E-state index contributed by atoms with van der Waals surface area (Å²) in [6, 6.07) is -1.03. The highest BCUT2D eigenvalue weighted by atomic mass is 32.1. The van der Waals surface area contributed by atoms with E-state index >= 15 is 0 Å². The summed E-state index contributed by atoms with van der Waals surface area (Å²) in [4.78, 5) is 53.5. The second-order valence-electron chi connectivity index (χ2n) is 6.23. The summed E-state index contributed by atoms with van der Waals surface area (Å²) in [5, 5.41) is 17.2. The van der Waals surface area contributed by atoms with Gasteiger partial charge in [0.05, 0.1) is 6.54 Å². The van der Waals surface area contributed by atoms with E-state index < -0.39 is 42.7 Å². The maximum atomic E-state index is 12.5. The summed E-state index contributed by atoms with van der Waals surface area (Å²) in [7, 11) is -3.92. The summed E-state index contributed by atoms with van der Waals surface area (Å²) >= 11 is 1.02. The minimum atomic E-state index is -3.92. The molecule has 1 aromatic heterocycles. The number of nitrogen functional groups attached to an aromatic ring is 1. The predicted octanol–water partition coefficient (Wildman–Crippen LogP) is -0.617. The van der Waals surface area contributed by atoms with Crippen LogP contribution < -0.4 is 11.1 Å². The number of hydrogen-bond donors (Lipinski definition) is 4. The number of amides is 2. The number of carbonyl (C=O) groups is 3. The minimum absolute atomic E-state index is 0.0227. The Bertz CT molecular complexity index is 878. The van der Waals surface area contributed by atoms with Crippen LogP contribution in [0.1, 0.15) is 19.5 Å². The van der Waals surface area contributed by atoms with Crippen molar-refractivity contribution < 1.29 is 38.4 Å². The van der Waals surface area contributed by atoms with Gasteiger partial charge in [-0.2, -0.15) is 4.62 Å². The van der Waals surface area contributed by atoms with E-state index in [9.17, 15) is 18.9 Å². The Kier molecular flexibility index (Phi) is 6.09. The normalized spacial score (nSPS) is 19.6. The van der Waals surface area contributed by atoms with Crippen molar-refractivity contribution in [1.82, 2.24) is 15.4 Å². The molecule has 0 radical (unpaired) electrons. The van der Waals surface area contributed by atoms with Crippen LogP contribution in [0.5, 0.6) is 0 Å². The topological polar surface area (TPSA) is 194 Å². The third-order valence-electron chi connectivity index (χ3n) is 3.31. The van der Waals surface area contributed by atoms with Gasteiger partial charge in [-0.1, -0.05) is 5.16 Å². The van der Waals surface area contributed by atoms with Gasteiger partial charge in [-0.3, -0.25) is 14.2 Å². The van der Waals surface area contributed by atoms with Crippen molar-refractivity contribution in [3.63, 3.8) is 0 Å². The molecule has 1 aliphatic rings. The third-order valence-corrected chi connectivity index (χ3v) is 4.48. The second-order valence-corrected chi connectivity index (χ2v) is 8.89. The first-order valence-electron chi connectivity index (χ1n) is 7.63. The van der Waals surface area contributed by atoms with E-state index in [1.807, 2.05) is 0 Å².